The Balaban J connectivity index is 2.67. The van der Waals surface area contributed by atoms with Gasteiger partial charge in [-0.25, -0.2) is 4.79 Å². The number of para-hydroxylation sites is 1. The Morgan fingerprint density at radius 1 is 0.923 bits per heavy atom. The minimum absolute atomic E-state index is 0.200. The summed E-state index contributed by atoms with van der Waals surface area (Å²) in [6, 6.07) is 11.7. The standard InChI is InChI=1S/C32H47N3O4/c1-12-22(4)26(34-30(38)39-32(9,10)11)29(37)35(31(6,7)8)27(24-18-20(2)17-21(3)19-24)28(36)33-25-16-14-13-15-23(25)5/h13-19,22,26-27H,12H2,1-11H3,(H,33,36)(H,34,38). The second-order valence-corrected chi connectivity index (χ2v) is 12.5. The molecular formula is C32H47N3O4. The highest BCUT2D eigenvalue weighted by Gasteiger charge is 2.43. The van der Waals surface area contributed by atoms with Gasteiger partial charge in [-0.05, 0) is 85.4 Å². The lowest BCUT2D eigenvalue weighted by Crippen LogP contribution is -2.59. The van der Waals surface area contributed by atoms with Crippen molar-refractivity contribution in [2.24, 2.45) is 5.92 Å². The van der Waals surface area contributed by atoms with Gasteiger partial charge in [0.1, 0.15) is 17.7 Å². The van der Waals surface area contributed by atoms with E-state index in [-0.39, 0.29) is 17.7 Å². The molecule has 7 nitrogen and oxygen atoms in total. The first-order valence-corrected chi connectivity index (χ1v) is 13.7. The maximum atomic E-state index is 14.5. The molecule has 214 valence electrons. The van der Waals surface area contributed by atoms with Gasteiger partial charge in [-0.3, -0.25) is 9.59 Å². The number of hydrogen-bond donors (Lipinski definition) is 2. The summed E-state index contributed by atoms with van der Waals surface area (Å²) in [7, 11) is 0. The zero-order valence-corrected chi connectivity index (χ0v) is 25.6. The lowest BCUT2D eigenvalue weighted by molar-refractivity contribution is -0.147. The lowest BCUT2D eigenvalue weighted by atomic mass is 9.90. The van der Waals surface area contributed by atoms with Crippen molar-refractivity contribution in [2.45, 2.75) is 106 Å². The van der Waals surface area contributed by atoms with E-state index in [0.29, 0.717) is 17.7 Å². The van der Waals surface area contributed by atoms with Crippen LogP contribution in [0.3, 0.4) is 0 Å². The van der Waals surface area contributed by atoms with Gasteiger partial charge in [-0.15, -0.1) is 0 Å². The number of aryl methyl sites for hydroxylation is 3. The molecule has 0 spiro atoms. The van der Waals surface area contributed by atoms with Crippen LogP contribution in [0.5, 0.6) is 0 Å². The molecule has 0 aromatic heterocycles. The van der Waals surface area contributed by atoms with E-state index in [4.69, 9.17) is 4.74 Å². The predicted octanol–water partition coefficient (Wildman–Crippen LogP) is 6.86. The zero-order chi connectivity index (χ0) is 29.7. The molecule has 0 heterocycles. The third kappa shape index (κ3) is 8.84. The first kappa shape index (κ1) is 31.9. The molecule has 0 fully saturated rings. The molecular weight excluding hydrogens is 490 g/mol. The molecule has 2 rings (SSSR count). The molecule has 2 N–H and O–H groups in total. The van der Waals surface area contributed by atoms with Gasteiger partial charge in [0.2, 0.25) is 5.91 Å². The Bertz CT molecular complexity index is 1160. The molecule has 0 radical (unpaired) electrons. The van der Waals surface area contributed by atoms with Crippen LogP contribution >= 0.6 is 0 Å². The first-order chi connectivity index (χ1) is 17.9. The van der Waals surface area contributed by atoms with Gasteiger partial charge >= 0.3 is 6.09 Å². The average molecular weight is 538 g/mol. The van der Waals surface area contributed by atoms with Crippen molar-refractivity contribution < 1.29 is 19.1 Å². The fraction of sp³-hybridized carbons (Fsp3) is 0.531. The van der Waals surface area contributed by atoms with Crippen molar-refractivity contribution in [1.29, 1.82) is 0 Å². The number of rotatable bonds is 8. The number of carbonyl (C=O) groups is 3. The van der Waals surface area contributed by atoms with Crippen LogP contribution in [0.25, 0.3) is 0 Å². The van der Waals surface area contributed by atoms with E-state index in [0.717, 1.165) is 16.7 Å². The van der Waals surface area contributed by atoms with Crippen molar-refractivity contribution in [3.8, 4) is 0 Å². The van der Waals surface area contributed by atoms with Crippen LogP contribution in [-0.2, 0) is 14.3 Å². The maximum absolute atomic E-state index is 14.5. The third-order valence-corrected chi connectivity index (χ3v) is 6.58. The Morgan fingerprint density at radius 3 is 1.97 bits per heavy atom. The minimum Gasteiger partial charge on any atom is -0.444 e. The Kier molecular flexibility index (Phi) is 10.4. The number of nitrogens with one attached hydrogen (secondary N) is 2. The summed E-state index contributed by atoms with van der Waals surface area (Å²) in [5, 5.41) is 5.88. The van der Waals surface area contributed by atoms with Crippen LogP contribution in [0.1, 0.15) is 90.1 Å². The molecule has 39 heavy (non-hydrogen) atoms. The summed E-state index contributed by atoms with van der Waals surface area (Å²) < 4.78 is 5.49. The third-order valence-electron chi connectivity index (χ3n) is 6.58. The number of ether oxygens (including phenoxy) is 1. The molecule has 0 bridgehead atoms. The van der Waals surface area contributed by atoms with Gasteiger partial charge in [0.25, 0.3) is 5.91 Å². The molecule has 0 saturated heterocycles. The topological polar surface area (TPSA) is 87.7 Å². The fourth-order valence-corrected chi connectivity index (χ4v) is 4.61. The van der Waals surface area contributed by atoms with Crippen LogP contribution in [-0.4, -0.2) is 40.0 Å². The highest BCUT2D eigenvalue weighted by atomic mass is 16.6. The molecule has 3 unspecified atom stereocenters. The van der Waals surface area contributed by atoms with Crippen LogP contribution < -0.4 is 10.6 Å². The SMILES string of the molecule is CCC(C)C(NC(=O)OC(C)(C)C)C(=O)N(C(C(=O)Nc1ccccc1C)c1cc(C)cc(C)c1)C(C)(C)C. The Labute approximate surface area is 234 Å². The summed E-state index contributed by atoms with van der Waals surface area (Å²) >= 11 is 0. The van der Waals surface area contributed by atoms with Crippen LogP contribution in [0, 0.1) is 26.7 Å². The number of carbonyl (C=O) groups excluding carboxylic acids is 3. The highest BCUT2D eigenvalue weighted by Crippen LogP contribution is 2.33. The number of anilines is 1. The molecule has 0 aliphatic heterocycles. The van der Waals surface area contributed by atoms with Crippen molar-refractivity contribution in [2.75, 3.05) is 5.32 Å². The smallest absolute Gasteiger partial charge is 0.408 e. The van der Waals surface area contributed by atoms with Gasteiger partial charge < -0.3 is 20.3 Å². The maximum Gasteiger partial charge on any atom is 0.408 e. The van der Waals surface area contributed by atoms with E-state index in [1.165, 1.54) is 0 Å². The molecule has 2 aromatic carbocycles. The number of benzene rings is 2. The monoisotopic (exact) mass is 537 g/mol. The van der Waals surface area contributed by atoms with Gasteiger partial charge in [-0.1, -0.05) is 67.8 Å². The molecule has 2 aromatic rings. The number of alkyl carbamates (subject to hydrolysis) is 1. The van der Waals surface area contributed by atoms with E-state index < -0.39 is 29.3 Å². The van der Waals surface area contributed by atoms with Gasteiger partial charge in [0.05, 0.1) is 0 Å². The van der Waals surface area contributed by atoms with Crippen molar-refractivity contribution in [3.63, 3.8) is 0 Å². The van der Waals surface area contributed by atoms with Crippen molar-refractivity contribution in [1.82, 2.24) is 10.2 Å². The predicted molar refractivity (Wildman–Crippen MR) is 158 cm³/mol. The highest BCUT2D eigenvalue weighted by molar-refractivity contribution is 5.99. The quantitative estimate of drug-likeness (QED) is 0.385. The average Bonchev–Trinajstić information content (AvgIpc) is 2.78. The second-order valence-electron chi connectivity index (χ2n) is 12.5. The summed E-state index contributed by atoms with van der Waals surface area (Å²) in [6.45, 7) is 20.8. The Hall–Kier alpha value is -3.35. The number of amides is 3. The molecule has 0 saturated carbocycles. The van der Waals surface area contributed by atoms with E-state index in [9.17, 15) is 14.4 Å². The van der Waals surface area contributed by atoms with Gasteiger partial charge in [0, 0.05) is 11.2 Å². The second kappa shape index (κ2) is 12.7. The van der Waals surface area contributed by atoms with E-state index in [1.54, 1.807) is 25.7 Å². The minimum atomic E-state index is -0.942. The summed E-state index contributed by atoms with van der Waals surface area (Å²) in [5.41, 5.74) is 2.82. The van der Waals surface area contributed by atoms with Crippen LogP contribution in [0.2, 0.25) is 0 Å². The van der Waals surface area contributed by atoms with Crippen LogP contribution in [0.4, 0.5) is 10.5 Å². The van der Waals surface area contributed by atoms with Crippen molar-refractivity contribution >= 4 is 23.6 Å². The van der Waals surface area contributed by atoms with Crippen molar-refractivity contribution in [3.05, 3.63) is 64.7 Å². The zero-order valence-electron chi connectivity index (χ0n) is 25.6. The van der Waals surface area contributed by atoms with E-state index in [2.05, 4.69) is 10.6 Å². The normalized spacial score (nSPS) is 14.1. The van der Waals surface area contributed by atoms with E-state index in [1.807, 2.05) is 97.9 Å². The number of nitrogens with zero attached hydrogens (tertiary/aromatic N) is 1. The molecule has 3 amide bonds. The summed E-state index contributed by atoms with van der Waals surface area (Å²) in [6.07, 6.45) is -0.0179. The molecule has 7 heteroatoms. The lowest BCUT2D eigenvalue weighted by Gasteiger charge is -2.44. The first-order valence-electron chi connectivity index (χ1n) is 13.7. The molecule has 0 aliphatic rings. The number of hydrogen-bond acceptors (Lipinski definition) is 4. The van der Waals surface area contributed by atoms with Crippen LogP contribution in [0.15, 0.2) is 42.5 Å². The molecule has 3 atom stereocenters. The van der Waals surface area contributed by atoms with Gasteiger partial charge in [-0.2, -0.15) is 0 Å². The largest absolute Gasteiger partial charge is 0.444 e. The fourth-order valence-electron chi connectivity index (χ4n) is 4.61. The van der Waals surface area contributed by atoms with Gasteiger partial charge in [0.15, 0.2) is 0 Å². The summed E-state index contributed by atoms with van der Waals surface area (Å²) in [4.78, 5) is 43.0. The summed E-state index contributed by atoms with van der Waals surface area (Å²) in [5.74, 6) is -0.862. The van der Waals surface area contributed by atoms with E-state index >= 15 is 0 Å². The Morgan fingerprint density at radius 2 is 1.49 bits per heavy atom. The molecule has 0 aliphatic carbocycles.